The second kappa shape index (κ2) is 10.7. The third-order valence-corrected chi connectivity index (χ3v) is 5.66. The van der Waals surface area contributed by atoms with Gasteiger partial charge in [-0.15, -0.1) is 0 Å². The van der Waals surface area contributed by atoms with E-state index in [0.29, 0.717) is 5.75 Å². The average molecular weight is 518 g/mol. The molecular formula is C26H20BrN3O4. The molecule has 34 heavy (non-hydrogen) atoms. The third kappa shape index (κ3) is 5.85. The van der Waals surface area contributed by atoms with Crippen molar-refractivity contribution in [2.24, 2.45) is 5.10 Å². The number of hydrazone groups is 1. The number of nitrogens with zero attached hydrogens (tertiary/aromatic N) is 2. The first kappa shape index (κ1) is 23.1. The summed E-state index contributed by atoms with van der Waals surface area (Å²) in [6, 6.07) is 25.3. The lowest BCUT2D eigenvalue weighted by Gasteiger charge is -2.12. The molecule has 4 rings (SSSR count). The predicted molar refractivity (Wildman–Crippen MR) is 135 cm³/mol. The number of fused-ring (bicyclic) bond motifs is 1. The summed E-state index contributed by atoms with van der Waals surface area (Å²) in [5.74, 6) is 0.357. The van der Waals surface area contributed by atoms with Crippen LogP contribution in [0.25, 0.3) is 10.8 Å². The van der Waals surface area contributed by atoms with Crippen LogP contribution in [0.3, 0.4) is 0 Å². The number of amides is 1. The highest BCUT2D eigenvalue weighted by molar-refractivity contribution is 9.10. The summed E-state index contributed by atoms with van der Waals surface area (Å²) < 4.78 is 6.97. The largest absolute Gasteiger partial charge is 0.488 e. The second-order valence-electron chi connectivity index (χ2n) is 7.51. The molecule has 170 valence electrons. The highest BCUT2D eigenvalue weighted by atomic mass is 79.9. The lowest BCUT2D eigenvalue weighted by Crippen LogP contribution is -2.19. The van der Waals surface area contributed by atoms with Crippen LogP contribution in [0.2, 0.25) is 0 Å². The maximum atomic E-state index is 12.3. The number of nitro benzene ring substituents is 1. The summed E-state index contributed by atoms with van der Waals surface area (Å²) in [7, 11) is 0. The van der Waals surface area contributed by atoms with Crippen LogP contribution in [0.15, 0.2) is 94.5 Å². The second-order valence-corrected chi connectivity index (χ2v) is 8.42. The molecule has 4 aromatic rings. The van der Waals surface area contributed by atoms with Gasteiger partial charge in [0.05, 0.1) is 17.6 Å². The molecule has 0 aliphatic carbocycles. The minimum absolute atomic E-state index is 0.0288. The molecule has 0 spiro atoms. The van der Waals surface area contributed by atoms with Gasteiger partial charge in [-0.05, 0) is 52.2 Å². The molecule has 0 radical (unpaired) electrons. The smallest absolute Gasteiger partial charge is 0.269 e. The monoisotopic (exact) mass is 517 g/mol. The molecule has 0 atom stereocenters. The zero-order valence-electron chi connectivity index (χ0n) is 18.0. The van der Waals surface area contributed by atoms with Crippen molar-refractivity contribution in [1.29, 1.82) is 0 Å². The van der Waals surface area contributed by atoms with Gasteiger partial charge >= 0.3 is 0 Å². The number of rotatable bonds is 8. The number of ether oxygens (including phenoxy) is 1. The first-order valence-corrected chi connectivity index (χ1v) is 11.2. The molecular weight excluding hydrogens is 498 g/mol. The Labute approximate surface area is 204 Å². The Morgan fingerprint density at radius 1 is 0.971 bits per heavy atom. The molecule has 1 amide bonds. The maximum absolute atomic E-state index is 12.3. The molecule has 0 aromatic heterocycles. The van der Waals surface area contributed by atoms with Crippen LogP contribution >= 0.6 is 15.9 Å². The standard InChI is InChI=1S/C26H20BrN3O4/c27-21-10-5-18(6-11-21)15-26(31)29-28-16-24-23-4-2-1-3-20(23)9-14-25(24)34-17-19-7-12-22(13-8-19)30(32)33/h1-14,16H,15,17H2,(H,29,31). The molecule has 0 saturated carbocycles. The van der Waals surface area contributed by atoms with E-state index in [1.54, 1.807) is 18.3 Å². The van der Waals surface area contributed by atoms with E-state index in [9.17, 15) is 14.9 Å². The number of halogens is 1. The van der Waals surface area contributed by atoms with E-state index in [0.717, 1.165) is 31.9 Å². The van der Waals surface area contributed by atoms with Gasteiger partial charge in [-0.25, -0.2) is 5.43 Å². The average Bonchev–Trinajstić information content (AvgIpc) is 2.85. The Balaban J connectivity index is 1.50. The lowest BCUT2D eigenvalue weighted by molar-refractivity contribution is -0.384. The molecule has 0 saturated heterocycles. The molecule has 0 aliphatic rings. The van der Waals surface area contributed by atoms with Gasteiger partial charge in [0.15, 0.2) is 0 Å². The van der Waals surface area contributed by atoms with Crippen molar-refractivity contribution < 1.29 is 14.5 Å². The molecule has 0 bridgehead atoms. The van der Waals surface area contributed by atoms with E-state index in [1.165, 1.54) is 12.1 Å². The van der Waals surface area contributed by atoms with Gasteiger partial charge in [0, 0.05) is 22.2 Å². The minimum atomic E-state index is -0.437. The molecule has 0 aliphatic heterocycles. The third-order valence-electron chi connectivity index (χ3n) is 5.13. The van der Waals surface area contributed by atoms with Crippen LogP contribution < -0.4 is 10.2 Å². The number of carbonyl (C=O) groups is 1. The Morgan fingerprint density at radius 2 is 1.68 bits per heavy atom. The van der Waals surface area contributed by atoms with Crippen LogP contribution in [0.5, 0.6) is 5.75 Å². The van der Waals surface area contributed by atoms with Gasteiger partial charge in [-0.1, -0.05) is 58.4 Å². The van der Waals surface area contributed by atoms with Crippen LogP contribution in [-0.4, -0.2) is 17.0 Å². The zero-order chi connectivity index (χ0) is 23.9. The van der Waals surface area contributed by atoms with E-state index in [1.807, 2.05) is 60.7 Å². The highest BCUT2D eigenvalue weighted by Crippen LogP contribution is 2.27. The number of nitro groups is 1. The van der Waals surface area contributed by atoms with E-state index < -0.39 is 4.92 Å². The molecule has 0 unspecified atom stereocenters. The van der Waals surface area contributed by atoms with Crippen molar-refractivity contribution in [2.75, 3.05) is 0 Å². The zero-order valence-corrected chi connectivity index (χ0v) is 19.6. The Kier molecular flexibility index (Phi) is 7.29. The fraction of sp³-hybridized carbons (Fsp3) is 0.0769. The molecule has 1 N–H and O–H groups in total. The van der Waals surface area contributed by atoms with Crippen molar-refractivity contribution in [3.8, 4) is 5.75 Å². The summed E-state index contributed by atoms with van der Waals surface area (Å²) in [4.78, 5) is 22.7. The lowest BCUT2D eigenvalue weighted by atomic mass is 10.0. The predicted octanol–water partition coefficient (Wildman–Crippen LogP) is 5.78. The molecule has 0 fully saturated rings. The number of benzene rings is 4. The van der Waals surface area contributed by atoms with E-state index in [2.05, 4.69) is 26.5 Å². The fourth-order valence-corrected chi connectivity index (χ4v) is 3.67. The number of carbonyl (C=O) groups excluding carboxylic acids is 1. The van der Waals surface area contributed by atoms with Crippen LogP contribution in [0.1, 0.15) is 16.7 Å². The van der Waals surface area contributed by atoms with Gasteiger partial charge in [-0.2, -0.15) is 5.10 Å². The van der Waals surface area contributed by atoms with Crippen LogP contribution in [0, 0.1) is 10.1 Å². The molecule has 7 nitrogen and oxygen atoms in total. The SMILES string of the molecule is O=C(Cc1ccc(Br)cc1)NN=Cc1c(OCc2ccc([N+](=O)[O-])cc2)ccc2ccccc12. The molecule has 4 aromatic carbocycles. The van der Waals surface area contributed by atoms with Crippen LogP contribution in [0.4, 0.5) is 5.69 Å². The van der Waals surface area contributed by atoms with Gasteiger partial charge in [-0.3, -0.25) is 14.9 Å². The van der Waals surface area contributed by atoms with Crippen molar-refractivity contribution in [3.05, 3.63) is 116 Å². The first-order chi connectivity index (χ1) is 16.5. The van der Waals surface area contributed by atoms with Gasteiger partial charge in [0.25, 0.3) is 5.69 Å². The summed E-state index contributed by atoms with van der Waals surface area (Å²) in [5, 5.41) is 16.9. The first-order valence-electron chi connectivity index (χ1n) is 10.4. The van der Waals surface area contributed by atoms with Crippen molar-refractivity contribution in [3.63, 3.8) is 0 Å². The van der Waals surface area contributed by atoms with E-state index in [4.69, 9.17) is 4.74 Å². The van der Waals surface area contributed by atoms with Gasteiger partial charge < -0.3 is 4.74 Å². The van der Waals surface area contributed by atoms with Crippen molar-refractivity contribution in [2.45, 2.75) is 13.0 Å². The minimum Gasteiger partial charge on any atom is -0.488 e. The van der Waals surface area contributed by atoms with Gasteiger partial charge in [0.1, 0.15) is 12.4 Å². The summed E-state index contributed by atoms with van der Waals surface area (Å²) in [6.45, 7) is 0.229. The number of nitrogens with one attached hydrogen (secondary N) is 1. The molecule has 8 heteroatoms. The summed E-state index contributed by atoms with van der Waals surface area (Å²) >= 11 is 3.38. The number of non-ortho nitro benzene ring substituents is 1. The Bertz CT molecular complexity index is 1350. The van der Waals surface area contributed by atoms with Gasteiger partial charge in [0.2, 0.25) is 5.91 Å². The topological polar surface area (TPSA) is 93.8 Å². The fourth-order valence-electron chi connectivity index (χ4n) is 3.41. The Morgan fingerprint density at radius 3 is 2.41 bits per heavy atom. The van der Waals surface area contributed by atoms with Crippen molar-refractivity contribution in [1.82, 2.24) is 5.43 Å². The Hall–Kier alpha value is -4.04. The number of hydrogen-bond acceptors (Lipinski definition) is 5. The quantitative estimate of drug-likeness (QED) is 0.182. The van der Waals surface area contributed by atoms with Crippen molar-refractivity contribution >= 4 is 44.5 Å². The number of hydrogen-bond donors (Lipinski definition) is 1. The summed E-state index contributed by atoms with van der Waals surface area (Å²) in [5.41, 5.74) is 5.01. The van der Waals surface area contributed by atoms with E-state index in [-0.39, 0.29) is 24.6 Å². The normalized spacial score (nSPS) is 11.0. The van der Waals surface area contributed by atoms with Crippen LogP contribution in [-0.2, 0) is 17.8 Å². The van der Waals surface area contributed by atoms with E-state index >= 15 is 0 Å². The highest BCUT2D eigenvalue weighted by Gasteiger charge is 2.10. The summed E-state index contributed by atoms with van der Waals surface area (Å²) in [6.07, 6.45) is 1.79. The molecule has 0 heterocycles. The maximum Gasteiger partial charge on any atom is 0.269 e.